The quantitative estimate of drug-likeness (QED) is 0.798. The van der Waals surface area contributed by atoms with Crippen molar-refractivity contribution in [2.75, 3.05) is 6.54 Å². The summed E-state index contributed by atoms with van der Waals surface area (Å²) in [5.41, 5.74) is 1.60. The minimum atomic E-state index is -1.05. The number of hydrogen-bond donors (Lipinski definition) is 1. The molecule has 2 aromatic carbocycles. The molecule has 0 saturated carbocycles. The fourth-order valence-corrected chi connectivity index (χ4v) is 2.51. The van der Waals surface area contributed by atoms with Crippen LogP contribution >= 0.6 is 0 Å². The van der Waals surface area contributed by atoms with E-state index < -0.39 is 24.1 Å². The number of ether oxygens (including phenoxy) is 2. The van der Waals surface area contributed by atoms with E-state index in [0.717, 1.165) is 16.0 Å². The number of nitrogens with one attached hydrogen (secondary N) is 1. The molecule has 1 N–H and O–H groups in total. The minimum Gasteiger partial charge on any atom is -0.459 e. The minimum absolute atomic E-state index is 0.00705. The first kappa shape index (κ1) is 21.0. The van der Waals surface area contributed by atoms with Crippen molar-refractivity contribution < 1.29 is 23.9 Å². The summed E-state index contributed by atoms with van der Waals surface area (Å²) in [7, 11) is 0. The third kappa shape index (κ3) is 5.57. The molecule has 0 aromatic heterocycles. The van der Waals surface area contributed by atoms with E-state index in [-0.39, 0.29) is 19.8 Å². The number of hydrogen-bond acceptors (Lipinski definition) is 5. The number of urea groups is 1. The van der Waals surface area contributed by atoms with Gasteiger partial charge in [0.05, 0.1) is 6.54 Å². The molecule has 1 fully saturated rings. The molecule has 1 aliphatic heterocycles. The third-order valence-corrected chi connectivity index (χ3v) is 3.87. The van der Waals surface area contributed by atoms with E-state index in [2.05, 4.69) is 5.32 Å². The first-order valence-electron chi connectivity index (χ1n) is 9.13. The van der Waals surface area contributed by atoms with Gasteiger partial charge in [0, 0.05) is 0 Å². The highest BCUT2D eigenvalue weighted by molar-refractivity contribution is 5.98. The lowest BCUT2D eigenvalue weighted by Crippen LogP contribution is -2.44. The lowest BCUT2D eigenvalue weighted by Gasteiger charge is -2.19. The van der Waals surface area contributed by atoms with Crippen molar-refractivity contribution in [2.45, 2.75) is 33.1 Å². The van der Waals surface area contributed by atoms with Crippen molar-refractivity contribution in [3.63, 3.8) is 0 Å². The summed E-state index contributed by atoms with van der Waals surface area (Å²) in [6.07, 6.45) is -0.884. The fraction of sp³-hybridized carbons (Fsp3) is 0.286. The van der Waals surface area contributed by atoms with Gasteiger partial charge in [-0.15, -0.1) is 0 Å². The van der Waals surface area contributed by atoms with Crippen molar-refractivity contribution in [1.82, 2.24) is 10.2 Å². The molecule has 7 nitrogen and oxygen atoms in total. The largest absolute Gasteiger partial charge is 0.459 e. The van der Waals surface area contributed by atoms with Gasteiger partial charge in [-0.25, -0.2) is 19.3 Å². The van der Waals surface area contributed by atoms with Gasteiger partial charge in [-0.05, 0) is 11.1 Å². The van der Waals surface area contributed by atoms with Crippen molar-refractivity contribution in [3.8, 4) is 0 Å². The van der Waals surface area contributed by atoms with Crippen molar-refractivity contribution >= 4 is 18.1 Å². The van der Waals surface area contributed by atoms with E-state index in [9.17, 15) is 14.4 Å². The molecule has 28 heavy (non-hydrogen) atoms. The van der Waals surface area contributed by atoms with E-state index in [1.807, 2.05) is 62.4 Å². The third-order valence-electron chi connectivity index (χ3n) is 3.87. The fourth-order valence-electron chi connectivity index (χ4n) is 2.51. The Morgan fingerprint density at radius 1 is 0.929 bits per heavy atom. The van der Waals surface area contributed by atoms with Crippen LogP contribution in [0.15, 0.2) is 60.7 Å². The van der Waals surface area contributed by atoms with Crippen LogP contribution in [0, 0.1) is 0 Å². The van der Waals surface area contributed by atoms with E-state index in [0.29, 0.717) is 0 Å². The first-order valence-corrected chi connectivity index (χ1v) is 9.13. The predicted octanol–water partition coefficient (Wildman–Crippen LogP) is 3.49. The molecule has 0 aliphatic carbocycles. The molecular formula is C21H24N2O5. The normalized spacial score (nSPS) is 15.1. The monoisotopic (exact) mass is 384 g/mol. The van der Waals surface area contributed by atoms with Gasteiger partial charge in [0.1, 0.15) is 13.2 Å². The predicted molar refractivity (Wildman–Crippen MR) is 103 cm³/mol. The Hall–Kier alpha value is -3.35. The number of benzene rings is 2. The Morgan fingerprint density at radius 2 is 1.43 bits per heavy atom. The molecule has 0 spiro atoms. The smallest absolute Gasteiger partial charge is 0.419 e. The molecule has 0 bridgehead atoms. The maximum Gasteiger partial charge on any atom is 0.419 e. The van der Waals surface area contributed by atoms with Crippen molar-refractivity contribution in [1.29, 1.82) is 0 Å². The highest BCUT2D eigenvalue weighted by Gasteiger charge is 2.42. The van der Waals surface area contributed by atoms with Gasteiger partial charge < -0.3 is 14.8 Å². The average molecular weight is 384 g/mol. The zero-order valence-corrected chi connectivity index (χ0v) is 16.0. The number of imide groups is 1. The van der Waals surface area contributed by atoms with Crippen LogP contribution in [0.5, 0.6) is 0 Å². The summed E-state index contributed by atoms with van der Waals surface area (Å²) < 4.78 is 10.4. The van der Waals surface area contributed by atoms with Gasteiger partial charge in [-0.1, -0.05) is 74.5 Å². The Bertz CT molecular complexity index is 780. The Labute approximate surface area is 164 Å². The number of amides is 3. The second-order valence-corrected chi connectivity index (χ2v) is 5.71. The summed E-state index contributed by atoms with van der Waals surface area (Å²) in [4.78, 5) is 37.2. The second-order valence-electron chi connectivity index (χ2n) is 5.71. The highest BCUT2D eigenvalue weighted by Crippen LogP contribution is 2.13. The zero-order chi connectivity index (χ0) is 20.4. The second kappa shape index (κ2) is 10.7. The lowest BCUT2D eigenvalue weighted by atomic mass is 10.2. The van der Waals surface area contributed by atoms with Crippen LogP contribution in [0.4, 0.5) is 9.59 Å². The van der Waals surface area contributed by atoms with Crippen LogP contribution in [-0.2, 0) is 27.5 Å². The Kier molecular flexibility index (Phi) is 8.02. The first-order chi connectivity index (χ1) is 13.6. The Morgan fingerprint density at radius 3 is 1.96 bits per heavy atom. The van der Waals surface area contributed by atoms with Gasteiger partial charge in [0.2, 0.25) is 0 Å². The molecule has 1 aliphatic rings. The molecule has 1 heterocycles. The maximum absolute atomic E-state index is 12.3. The SMILES string of the molecule is CC.O=C(OCc1ccccc1)C1CNC(=O)N1C(=O)OCc1ccccc1. The van der Waals surface area contributed by atoms with Crippen molar-refractivity contribution in [2.24, 2.45) is 0 Å². The molecule has 3 amide bonds. The molecule has 0 radical (unpaired) electrons. The summed E-state index contributed by atoms with van der Waals surface area (Å²) in [6, 6.07) is 16.5. The summed E-state index contributed by atoms with van der Waals surface area (Å²) in [5.74, 6) is -0.663. The molecule has 1 unspecified atom stereocenters. The highest BCUT2D eigenvalue weighted by atomic mass is 16.6. The average Bonchev–Trinajstić information content (AvgIpc) is 3.15. The van der Waals surface area contributed by atoms with Gasteiger partial charge in [-0.2, -0.15) is 0 Å². The Balaban J connectivity index is 0.00000136. The standard InChI is InChI=1S/C19H18N2O5.C2H6/c22-17(25-12-14-7-3-1-4-8-14)16-11-20-18(23)21(16)19(24)26-13-15-9-5-2-6-10-15;1-2/h1-10,16H,11-13H2,(H,20,23);1-2H3. The van der Waals surface area contributed by atoms with Crippen molar-refractivity contribution in [3.05, 3.63) is 71.8 Å². The summed E-state index contributed by atoms with van der Waals surface area (Å²) >= 11 is 0. The van der Waals surface area contributed by atoms with E-state index in [1.54, 1.807) is 12.1 Å². The van der Waals surface area contributed by atoms with Gasteiger partial charge >= 0.3 is 18.1 Å². The molecule has 1 atom stereocenters. The topological polar surface area (TPSA) is 84.9 Å². The molecule has 3 rings (SSSR count). The number of esters is 1. The number of rotatable bonds is 5. The van der Waals surface area contributed by atoms with E-state index >= 15 is 0 Å². The van der Waals surface area contributed by atoms with Crippen LogP contribution < -0.4 is 5.32 Å². The van der Waals surface area contributed by atoms with Crippen LogP contribution in [0.3, 0.4) is 0 Å². The zero-order valence-electron chi connectivity index (χ0n) is 16.0. The maximum atomic E-state index is 12.3. The number of carbonyl (C=O) groups is 3. The van der Waals surface area contributed by atoms with Gasteiger partial charge in [0.25, 0.3) is 0 Å². The molecule has 1 saturated heterocycles. The van der Waals surface area contributed by atoms with E-state index in [1.165, 1.54) is 0 Å². The molecular weight excluding hydrogens is 360 g/mol. The van der Waals surface area contributed by atoms with Crippen LogP contribution in [0.25, 0.3) is 0 Å². The molecule has 2 aromatic rings. The van der Waals surface area contributed by atoms with Crippen LogP contribution in [0.1, 0.15) is 25.0 Å². The molecule has 7 heteroatoms. The number of carbonyl (C=O) groups excluding carboxylic acids is 3. The van der Waals surface area contributed by atoms with Crippen LogP contribution in [0.2, 0.25) is 0 Å². The summed E-state index contributed by atoms with van der Waals surface area (Å²) in [6.45, 7) is 4.07. The van der Waals surface area contributed by atoms with Gasteiger partial charge in [0.15, 0.2) is 6.04 Å². The number of nitrogens with zero attached hydrogens (tertiary/aromatic N) is 1. The van der Waals surface area contributed by atoms with Gasteiger partial charge in [-0.3, -0.25) is 0 Å². The lowest BCUT2D eigenvalue weighted by molar-refractivity contribution is -0.148. The molecule has 148 valence electrons. The van der Waals surface area contributed by atoms with E-state index in [4.69, 9.17) is 9.47 Å². The summed E-state index contributed by atoms with van der Waals surface area (Å²) in [5, 5.41) is 2.46. The van der Waals surface area contributed by atoms with Crippen LogP contribution in [-0.4, -0.2) is 35.6 Å².